The third-order valence-corrected chi connectivity index (χ3v) is 4.49. The van der Waals surface area contributed by atoms with Crippen molar-refractivity contribution >= 4 is 34.7 Å². The summed E-state index contributed by atoms with van der Waals surface area (Å²) in [6.07, 6.45) is 1.72. The van der Waals surface area contributed by atoms with E-state index in [1.165, 1.54) is 0 Å². The Bertz CT molecular complexity index is 1180. The number of nitrogens with one attached hydrogen (secondary N) is 3. The maximum absolute atomic E-state index is 12.4. The zero-order valence-corrected chi connectivity index (χ0v) is 17.3. The highest BCUT2D eigenvalue weighted by Crippen LogP contribution is 2.21. The summed E-state index contributed by atoms with van der Waals surface area (Å²) in [5, 5.41) is 9.34. The maximum atomic E-state index is 12.4. The zero-order valence-electron chi connectivity index (χ0n) is 17.3. The van der Waals surface area contributed by atoms with Crippen molar-refractivity contribution in [2.75, 3.05) is 16.0 Å². The van der Waals surface area contributed by atoms with E-state index in [4.69, 9.17) is 0 Å². The van der Waals surface area contributed by atoms with Crippen molar-refractivity contribution < 1.29 is 4.79 Å². The zero-order chi connectivity index (χ0) is 21.6. The average Bonchev–Trinajstić information content (AvgIpc) is 2.76. The van der Waals surface area contributed by atoms with Crippen LogP contribution in [0.25, 0.3) is 0 Å². The van der Waals surface area contributed by atoms with E-state index in [2.05, 4.69) is 30.9 Å². The first-order valence-corrected chi connectivity index (χ1v) is 9.84. The van der Waals surface area contributed by atoms with Crippen LogP contribution in [0.4, 0.5) is 28.8 Å². The van der Waals surface area contributed by atoms with Gasteiger partial charge in [-0.2, -0.15) is 0 Å². The number of aryl methyl sites for hydroxylation is 2. The molecule has 154 valence electrons. The lowest BCUT2D eigenvalue weighted by molar-refractivity contribution is 0.102. The Morgan fingerprint density at radius 3 is 2.10 bits per heavy atom. The van der Waals surface area contributed by atoms with Gasteiger partial charge in [0.2, 0.25) is 0 Å². The van der Waals surface area contributed by atoms with Crippen molar-refractivity contribution in [2.45, 2.75) is 13.8 Å². The van der Waals surface area contributed by atoms with Gasteiger partial charge in [0, 0.05) is 29.2 Å². The van der Waals surface area contributed by atoms with E-state index >= 15 is 0 Å². The number of hydrogen-bond acceptors (Lipinski definition) is 6. The summed E-state index contributed by atoms with van der Waals surface area (Å²) in [4.78, 5) is 25.5. The van der Waals surface area contributed by atoms with E-state index in [1.54, 1.807) is 6.20 Å². The van der Waals surface area contributed by atoms with Gasteiger partial charge in [0.1, 0.15) is 23.3 Å². The molecule has 0 atom stereocenters. The second kappa shape index (κ2) is 9.04. The fraction of sp³-hybridized carbons (Fsp3) is 0.0833. The number of hydrogen-bond donors (Lipinski definition) is 3. The molecule has 1 amide bonds. The van der Waals surface area contributed by atoms with Crippen molar-refractivity contribution in [1.82, 2.24) is 15.0 Å². The summed E-state index contributed by atoms with van der Waals surface area (Å²) in [6, 6.07) is 22.4. The molecule has 0 unspecified atom stereocenters. The van der Waals surface area contributed by atoms with E-state index in [1.807, 2.05) is 86.6 Å². The minimum absolute atomic E-state index is 0.141. The molecule has 2 heterocycles. The van der Waals surface area contributed by atoms with Gasteiger partial charge in [0.15, 0.2) is 0 Å². The van der Waals surface area contributed by atoms with Gasteiger partial charge >= 0.3 is 0 Å². The number of benzene rings is 2. The molecular weight excluding hydrogens is 388 g/mol. The quantitative estimate of drug-likeness (QED) is 0.403. The van der Waals surface area contributed by atoms with Gasteiger partial charge < -0.3 is 16.0 Å². The Morgan fingerprint density at radius 2 is 1.42 bits per heavy atom. The molecule has 0 saturated carbocycles. The topological polar surface area (TPSA) is 91.8 Å². The van der Waals surface area contributed by atoms with Crippen LogP contribution in [0.5, 0.6) is 0 Å². The number of carbonyl (C=O) groups is 1. The van der Waals surface area contributed by atoms with E-state index in [0.29, 0.717) is 34.5 Å². The molecule has 0 spiro atoms. The number of pyridine rings is 1. The molecule has 0 radical (unpaired) electrons. The second-order valence-corrected chi connectivity index (χ2v) is 7.05. The third kappa shape index (κ3) is 5.42. The lowest BCUT2D eigenvalue weighted by Gasteiger charge is -2.11. The van der Waals surface area contributed by atoms with Crippen molar-refractivity contribution in [3.63, 3.8) is 0 Å². The van der Waals surface area contributed by atoms with Gasteiger partial charge in [-0.25, -0.2) is 15.0 Å². The van der Waals surface area contributed by atoms with Gasteiger partial charge in [0.25, 0.3) is 5.91 Å². The summed E-state index contributed by atoms with van der Waals surface area (Å²) in [6.45, 7) is 3.82. The fourth-order valence-corrected chi connectivity index (χ4v) is 2.96. The smallest absolute Gasteiger partial charge is 0.255 e. The van der Waals surface area contributed by atoms with Crippen LogP contribution in [0.15, 0.2) is 79.0 Å². The average molecular weight is 410 g/mol. The molecule has 31 heavy (non-hydrogen) atoms. The number of rotatable bonds is 6. The van der Waals surface area contributed by atoms with Crippen LogP contribution in [-0.4, -0.2) is 20.9 Å². The molecule has 4 rings (SSSR count). The largest absolute Gasteiger partial charge is 0.340 e. The molecule has 2 aromatic carbocycles. The number of aromatic nitrogens is 3. The van der Waals surface area contributed by atoms with Crippen LogP contribution in [0.2, 0.25) is 0 Å². The standard InChI is InChI=1S/C24H22N6O/c1-16-6-8-18(9-7-16)24(31)29-20-12-10-19(11-13-20)28-22-15-23(27-17(2)26-22)30-21-5-3-4-14-25-21/h3-15H,1-2H3,(H,29,31)(H2,25,26,27,28,30). The molecule has 3 N–H and O–H groups in total. The Hall–Kier alpha value is -4.26. The number of nitrogens with zero attached hydrogens (tertiary/aromatic N) is 3. The van der Waals surface area contributed by atoms with E-state index in [-0.39, 0.29) is 5.91 Å². The van der Waals surface area contributed by atoms with Gasteiger partial charge in [-0.1, -0.05) is 23.8 Å². The Morgan fingerprint density at radius 1 is 0.742 bits per heavy atom. The van der Waals surface area contributed by atoms with Gasteiger partial charge in [0.05, 0.1) is 0 Å². The van der Waals surface area contributed by atoms with Crippen molar-refractivity contribution in [1.29, 1.82) is 0 Å². The van der Waals surface area contributed by atoms with Crippen molar-refractivity contribution in [3.05, 3.63) is 95.9 Å². The maximum Gasteiger partial charge on any atom is 0.255 e. The van der Waals surface area contributed by atoms with Gasteiger partial charge in [-0.05, 0) is 62.4 Å². The van der Waals surface area contributed by atoms with E-state index in [9.17, 15) is 4.79 Å². The molecular formula is C24H22N6O. The van der Waals surface area contributed by atoms with Crippen LogP contribution in [0, 0.1) is 13.8 Å². The SMILES string of the molecule is Cc1ccc(C(=O)Nc2ccc(Nc3cc(Nc4ccccn4)nc(C)n3)cc2)cc1. The molecule has 0 fully saturated rings. The monoisotopic (exact) mass is 410 g/mol. The highest BCUT2D eigenvalue weighted by molar-refractivity contribution is 6.04. The summed E-state index contributed by atoms with van der Waals surface area (Å²) >= 11 is 0. The van der Waals surface area contributed by atoms with Gasteiger partial charge in [-0.15, -0.1) is 0 Å². The molecule has 0 bridgehead atoms. The Labute approximate surface area is 180 Å². The van der Waals surface area contributed by atoms with Crippen LogP contribution < -0.4 is 16.0 Å². The molecule has 0 aliphatic carbocycles. The molecule has 7 heteroatoms. The van der Waals surface area contributed by atoms with Crippen LogP contribution in [0.1, 0.15) is 21.7 Å². The van der Waals surface area contributed by atoms with E-state index in [0.717, 1.165) is 11.3 Å². The number of amides is 1. The predicted molar refractivity (Wildman–Crippen MR) is 123 cm³/mol. The number of anilines is 5. The highest BCUT2D eigenvalue weighted by atomic mass is 16.1. The molecule has 7 nitrogen and oxygen atoms in total. The Kier molecular flexibility index (Phi) is 5.84. The molecule has 0 aliphatic heterocycles. The minimum Gasteiger partial charge on any atom is -0.340 e. The molecule has 0 aliphatic rings. The van der Waals surface area contributed by atoms with Crippen LogP contribution in [-0.2, 0) is 0 Å². The van der Waals surface area contributed by atoms with Crippen LogP contribution >= 0.6 is 0 Å². The molecule has 2 aromatic heterocycles. The second-order valence-electron chi connectivity index (χ2n) is 7.05. The van der Waals surface area contributed by atoms with Crippen molar-refractivity contribution in [3.8, 4) is 0 Å². The lowest BCUT2D eigenvalue weighted by Crippen LogP contribution is -2.11. The molecule has 4 aromatic rings. The summed E-state index contributed by atoms with van der Waals surface area (Å²) in [5.74, 6) is 2.50. The van der Waals surface area contributed by atoms with Gasteiger partial charge in [-0.3, -0.25) is 4.79 Å². The summed E-state index contributed by atoms with van der Waals surface area (Å²) in [5.41, 5.74) is 3.30. The van der Waals surface area contributed by atoms with E-state index < -0.39 is 0 Å². The first-order chi connectivity index (χ1) is 15.0. The van der Waals surface area contributed by atoms with Crippen LogP contribution in [0.3, 0.4) is 0 Å². The normalized spacial score (nSPS) is 10.4. The Balaban J connectivity index is 1.43. The lowest BCUT2D eigenvalue weighted by atomic mass is 10.1. The number of carbonyl (C=O) groups excluding carboxylic acids is 1. The fourth-order valence-electron chi connectivity index (χ4n) is 2.96. The first-order valence-electron chi connectivity index (χ1n) is 9.84. The third-order valence-electron chi connectivity index (χ3n) is 4.49. The molecule has 0 saturated heterocycles. The van der Waals surface area contributed by atoms with Crippen molar-refractivity contribution in [2.24, 2.45) is 0 Å². The minimum atomic E-state index is -0.141. The summed E-state index contributed by atoms with van der Waals surface area (Å²) in [7, 11) is 0. The highest BCUT2D eigenvalue weighted by Gasteiger charge is 2.07. The first kappa shape index (κ1) is 20.0. The predicted octanol–water partition coefficient (Wildman–Crippen LogP) is 5.23. The summed E-state index contributed by atoms with van der Waals surface area (Å²) < 4.78 is 0.